The number of aliphatic hydroxyl groups is 1. The lowest BCUT2D eigenvalue weighted by atomic mass is 9.83. The smallest absolute Gasteiger partial charge is 0.405 e. The minimum absolute atomic E-state index is 0.148. The molecule has 0 radical (unpaired) electrons. The number of ether oxygens (including phenoxy) is 1. The number of unbranched alkanes of at least 4 members (excludes halogenated alkanes) is 1. The zero-order valence-electron chi connectivity index (χ0n) is 18.9. The van der Waals surface area contributed by atoms with Gasteiger partial charge in [0.25, 0.3) is 5.56 Å². The van der Waals surface area contributed by atoms with E-state index < -0.39 is 17.6 Å². The monoisotopic (exact) mass is 430 g/mol. The summed E-state index contributed by atoms with van der Waals surface area (Å²) in [6.07, 6.45) is 2.77. The van der Waals surface area contributed by atoms with Crippen molar-refractivity contribution in [2.24, 2.45) is 11.3 Å². The molecule has 170 valence electrons. The Morgan fingerprint density at radius 3 is 2.55 bits per heavy atom. The summed E-state index contributed by atoms with van der Waals surface area (Å²) in [4.78, 5) is 25.3. The third kappa shape index (κ3) is 5.21. The Morgan fingerprint density at radius 1 is 1.29 bits per heavy atom. The summed E-state index contributed by atoms with van der Waals surface area (Å²) in [5.74, 6) is 0.951. The van der Waals surface area contributed by atoms with Crippen molar-refractivity contribution in [2.45, 2.75) is 72.6 Å². The molecule has 1 atom stereocenters. The Hall–Kier alpha value is -2.54. The summed E-state index contributed by atoms with van der Waals surface area (Å²) >= 11 is 0. The van der Waals surface area contributed by atoms with E-state index in [2.05, 4.69) is 12.2 Å². The van der Waals surface area contributed by atoms with Crippen LogP contribution in [0.1, 0.15) is 70.7 Å². The Kier molecular flexibility index (Phi) is 6.94. The fourth-order valence-corrected chi connectivity index (χ4v) is 3.90. The first-order chi connectivity index (χ1) is 14.7. The van der Waals surface area contributed by atoms with Crippen LogP contribution in [0.15, 0.2) is 23.0 Å². The standard InChI is InChI=1S/C24H34N2O5/c1-5-6-11-31-20-18-12-16(14-27)9-10-17(18)22(28)26(13-15-7-8-15)19(20)21(24(2,3)4)25-23(29)30/h9-10,12,15,21,25,27H,5-8,11,13-14H2,1-4H3,(H,29,30). The molecule has 1 amide bonds. The summed E-state index contributed by atoms with van der Waals surface area (Å²) in [5, 5.41) is 23.1. The van der Waals surface area contributed by atoms with Crippen LogP contribution in [-0.4, -0.2) is 27.5 Å². The minimum Gasteiger partial charge on any atom is -0.491 e. The van der Waals surface area contributed by atoms with Gasteiger partial charge in [-0.3, -0.25) is 4.79 Å². The molecule has 1 aromatic carbocycles. The van der Waals surface area contributed by atoms with E-state index in [-0.39, 0.29) is 12.2 Å². The molecular formula is C24H34N2O5. The van der Waals surface area contributed by atoms with Crippen molar-refractivity contribution in [3.63, 3.8) is 0 Å². The van der Waals surface area contributed by atoms with Gasteiger partial charge >= 0.3 is 6.09 Å². The van der Waals surface area contributed by atoms with Gasteiger partial charge in [0.05, 0.1) is 30.3 Å². The Labute approximate surface area is 183 Å². The fraction of sp³-hybridized carbons (Fsp3) is 0.583. The summed E-state index contributed by atoms with van der Waals surface area (Å²) in [6, 6.07) is 4.62. The molecular weight excluding hydrogens is 396 g/mol. The third-order valence-electron chi connectivity index (χ3n) is 5.80. The summed E-state index contributed by atoms with van der Waals surface area (Å²) in [6.45, 7) is 8.78. The van der Waals surface area contributed by atoms with E-state index in [1.54, 1.807) is 22.8 Å². The summed E-state index contributed by atoms with van der Waals surface area (Å²) in [7, 11) is 0. The number of amides is 1. The SMILES string of the molecule is CCCCOc1c(C(NC(=O)O)C(C)(C)C)n(CC2CC2)c(=O)c2ccc(CO)cc12. The van der Waals surface area contributed by atoms with Crippen LogP contribution in [0.5, 0.6) is 5.75 Å². The molecule has 1 aromatic heterocycles. The number of fused-ring (bicyclic) bond motifs is 1. The van der Waals surface area contributed by atoms with E-state index in [9.17, 15) is 19.8 Å². The number of nitrogens with one attached hydrogen (secondary N) is 1. The predicted molar refractivity (Wildman–Crippen MR) is 121 cm³/mol. The summed E-state index contributed by atoms with van der Waals surface area (Å²) in [5.41, 5.74) is 0.606. The van der Waals surface area contributed by atoms with Gasteiger partial charge in [0.2, 0.25) is 0 Å². The molecule has 3 N–H and O–H groups in total. The van der Waals surface area contributed by atoms with Gasteiger partial charge in [0.1, 0.15) is 5.75 Å². The lowest BCUT2D eigenvalue weighted by molar-refractivity contribution is 0.170. The molecule has 1 aliphatic rings. The van der Waals surface area contributed by atoms with Crippen molar-refractivity contribution >= 4 is 16.9 Å². The van der Waals surface area contributed by atoms with E-state index in [1.165, 1.54) is 0 Å². The van der Waals surface area contributed by atoms with Gasteiger partial charge in [-0.05, 0) is 48.3 Å². The van der Waals surface area contributed by atoms with Gasteiger partial charge < -0.3 is 24.8 Å². The number of rotatable bonds is 9. The average Bonchev–Trinajstić information content (AvgIpc) is 3.52. The maximum absolute atomic E-state index is 13.6. The van der Waals surface area contributed by atoms with Gasteiger partial charge in [0, 0.05) is 11.9 Å². The Bertz CT molecular complexity index is 1000. The second-order valence-corrected chi connectivity index (χ2v) is 9.56. The molecule has 2 aromatic rings. The van der Waals surface area contributed by atoms with Crippen LogP contribution in [0.3, 0.4) is 0 Å². The first-order valence-electron chi connectivity index (χ1n) is 11.1. The van der Waals surface area contributed by atoms with Crippen LogP contribution < -0.4 is 15.6 Å². The van der Waals surface area contributed by atoms with Crippen molar-refractivity contribution in [1.82, 2.24) is 9.88 Å². The molecule has 0 aliphatic heterocycles. The van der Waals surface area contributed by atoms with Crippen molar-refractivity contribution in [3.8, 4) is 5.75 Å². The molecule has 31 heavy (non-hydrogen) atoms. The quantitative estimate of drug-likeness (QED) is 0.511. The summed E-state index contributed by atoms with van der Waals surface area (Å²) < 4.78 is 8.00. The number of aromatic nitrogens is 1. The molecule has 1 saturated carbocycles. The van der Waals surface area contributed by atoms with Crippen LogP contribution in [0.2, 0.25) is 0 Å². The number of hydrogen-bond acceptors (Lipinski definition) is 4. The maximum Gasteiger partial charge on any atom is 0.405 e. The van der Waals surface area contributed by atoms with Crippen LogP contribution in [0.4, 0.5) is 4.79 Å². The average molecular weight is 431 g/mol. The molecule has 7 nitrogen and oxygen atoms in total. The van der Waals surface area contributed by atoms with Gasteiger partial charge in [-0.2, -0.15) is 0 Å². The van der Waals surface area contributed by atoms with Gasteiger partial charge in [-0.15, -0.1) is 0 Å². The minimum atomic E-state index is -1.14. The lowest BCUT2D eigenvalue weighted by Crippen LogP contribution is -2.40. The molecule has 0 bridgehead atoms. The van der Waals surface area contributed by atoms with Crippen molar-refractivity contribution in [3.05, 3.63) is 39.8 Å². The third-order valence-corrected chi connectivity index (χ3v) is 5.80. The highest BCUT2D eigenvalue weighted by atomic mass is 16.5. The number of nitrogens with zero attached hydrogens (tertiary/aromatic N) is 1. The van der Waals surface area contributed by atoms with Crippen LogP contribution in [-0.2, 0) is 13.2 Å². The number of pyridine rings is 1. The first kappa shape index (κ1) is 23.1. The van der Waals surface area contributed by atoms with Crippen LogP contribution >= 0.6 is 0 Å². The molecule has 0 saturated heterocycles. The molecule has 7 heteroatoms. The molecule has 3 rings (SSSR count). The largest absolute Gasteiger partial charge is 0.491 e. The maximum atomic E-state index is 13.6. The Morgan fingerprint density at radius 2 is 2.00 bits per heavy atom. The number of benzene rings is 1. The zero-order chi connectivity index (χ0) is 22.8. The van der Waals surface area contributed by atoms with E-state index in [0.29, 0.717) is 46.8 Å². The molecule has 0 spiro atoms. The van der Waals surface area contributed by atoms with Gasteiger partial charge in [-0.1, -0.05) is 40.2 Å². The van der Waals surface area contributed by atoms with Crippen LogP contribution in [0, 0.1) is 11.3 Å². The topological polar surface area (TPSA) is 101 Å². The lowest BCUT2D eigenvalue weighted by Gasteiger charge is -2.34. The van der Waals surface area contributed by atoms with Gasteiger partial charge in [0.15, 0.2) is 0 Å². The highest BCUT2D eigenvalue weighted by molar-refractivity contribution is 5.89. The number of hydrogen-bond donors (Lipinski definition) is 3. The molecule has 1 unspecified atom stereocenters. The molecule has 1 fully saturated rings. The van der Waals surface area contributed by atoms with Crippen LogP contribution in [0.25, 0.3) is 10.8 Å². The number of carbonyl (C=O) groups is 1. The normalized spacial score (nSPS) is 15.1. The highest BCUT2D eigenvalue weighted by Crippen LogP contribution is 2.42. The van der Waals surface area contributed by atoms with E-state index >= 15 is 0 Å². The van der Waals surface area contributed by atoms with Crippen molar-refractivity contribution < 1.29 is 19.7 Å². The van der Waals surface area contributed by atoms with Crippen molar-refractivity contribution in [2.75, 3.05) is 6.61 Å². The predicted octanol–water partition coefficient (Wildman–Crippen LogP) is 4.44. The fourth-order valence-electron chi connectivity index (χ4n) is 3.90. The Balaban J connectivity index is 2.36. The molecule has 1 aliphatic carbocycles. The second kappa shape index (κ2) is 9.30. The van der Waals surface area contributed by atoms with E-state index in [4.69, 9.17) is 4.74 Å². The highest BCUT2D eigenvalue weighted by Gasteiger charge is 2.36. The number of carboxylic acid groups (broad SMARTS) is 1. The van der Waals surface area contributed by atoms with E-state index in [1.807, 2.05) is 20.8 Å². The van der Waals surface area contributed by atoms with Gasteiger partial charge in [-0.25, -0.2) is 4.79 Å². The number of aliphatic hydroxyl groups excluding tert-OH is 1. The first-order valence-corrected chi connectivity index (χ1v) is 11.1. The zero-order valence-corrected chi connectivity index (χ0v) is 18.9. The molecule has 1 heterocycles. The van der Waals surface area contributed by atoms with E-state index in [0.717, 1.165) is 25.7 Å². The second-order valence-electron chi connectivity index (χ2n) is 9.56. The van der Waals surface area contributed by atoms with Crippen molar-refractivity contribution in [1.29, 1.82) is 0 Å².